The first kappa shape index (κ1) is 11.5. The van der Waals surface area contributed by atoms with Crippen LogP contribution in [0.4, 0.5) is 0 Å². The third-order valence-electron chi connectivity index (χ3n) is 1.77. The predicted octanol–water partition coefficient (Wildman–Crippen LogP) is -1.25. The number of amides is 1. The molecule has 0 bridgehead atoms. The Morgan fingerprint density at radius 1 is 1.20 bits per heavy atom. The maximum atomic E-state index is 10.3. The number of piperazine rings is 1. The van der Waals surface area contributed by atoms with E-state index in [1.54, 1.807) is 0 Å². The number of nitrogens with two attached hydrogens (primary N) is 1. The van der Waals surface area contributed by atoms with Crippen molar-refractivity contribution in [2.24, 2.45) is 5.73 Å². The van der Waals surface area contributed by atoms with Gasteiger partial charge in [-0.3, -0.25) is 9.78 Å². The summed E-state index contributed by atoms with van der Waals surface area (Å²) in [6.45, 7) is 4.56. The maximum Gasteiger partial charge on any atom is 0.268 e. The van der Waals surface area contributed by atoms with Crippen LogP contribution in [0.1, 0.15) is 10.5 Å². The second-order valence-electron chi connectivity index (χ2n) is 2.95. The van der Waals surface area contributed by atoms with Gasteiger partial charge in [0.15, 0.2) is 0 Å². The lowest BCUT2D eigenvalue weighted by molar-refractivity contribution is 0.0995. The molecule has 1 aromatic rings. The number of hydrogen-bond donors (Lipinski definition) is 3. The highest BCUT2D eigenvalue weighted by molar-refractivity contribution is 5.90. The average Bonchev–Trinajstić information content (AvgIpc) is 2.33. The molecule has 2 heterocycles. The van der Waals surface area contributed by atoms with E-state index in [9.17, 15) is 4.79 Å². The Morgan fingerprint density at radius 3 is 2.07 bits per heavy atom. The van der Waals surface area contributed by atoms with Crippen LogP contribution >= 0.6 is 0 Å². The molecule has 0 saturated carbocycles. The number of nitrogens with one attached hydrogen (secondary N) is 2. The molecule has 1 aromatic heterocycles. The van der Waals surface area contributed by atoms with Gasteiger partial charge in [0.2, 0.25) is 0 Å². The Bertz CT molecular complexity index is 274. The van der Waals surface area contributed by atoms with Gasteiger partial charge in [-0.1, -0.05) is 0 Å². The van der Waals surface area contributed by atoms with Gasteiger partial charge in [-0.05, 0) is 0 Å². The van der Waals surface area contributed by atoms with E-state index < -0.39 is 5.91 Å². The van der Waals surface area contributed by atoms with Crippen molar-refractivity contribution in [2.75, 3.05) is 26.2 Å². The van der Waals surface area contributed by atoms with Gasteiger partial charge in [-0.25, -0.2) is 4.98 Å². The molecule has 0 radical (unpaired) electrons. The van der Waals surface area contributed by atoms with E-state index in [1.807, 2.05) is 0 Å². The summed E-state index contributed by atoms with van der Waals surface area (Å²) >= 11 is 0. The second-order valence-corrected chi connectivity index (χ2v) is 2.95. The lowest BCUT2D eigenvalue weighted by atomic mass is 10.4. The van der Waals surface area contributed by atoms with Crippen LogP contribution in [0.15, 0.2) is 18.6 Å². The number of hydrogen-bond acceptors (Lipinski definition) is 5. The van der Waals surface area contributed by atoms with Crippen molar-refractivity contribution in [1.82, 2.24) is 20.6 Å². The SMILES string of the molecule is C1CNCCN1.NC(=O)c1cnccn1. The number of primary amides is 1. The molecule has 1 fully saturated rings. The van der Waals surface area contributed by atoms with Crippen LogP contribution < -0.4 is 16.4 Å². The predicted molar refractivity (Wildman–Crippen MR) is 56.3 cm³/mol. The van der Waals surface area contributed by atoms with Crippen LogP contribution in [0.5, 0.6) is 0 Å². The zero-order chi connectivity index (χ0) is 10.9. The number of carbonyl (C=O) groups excluding carboxylic acids is 1. The van der Waals surface area contributed by atoms with Crippen molar-refractivity contribution in [2.45, 2.75) is 0 Å². The molecule has 1 amide bonds. The molecule has 6 heteroatoms. The fourth-order valence-electron chi connectivity index (χ4n) is 1.03. The normalized spacial score (nSPS) is 14.9. The summed E-state index contributed by atoms with van der Waals surface area (Å²) < 4.78 is 0. The average molecular weight is 209 g/mol. The minimum atomic E-state index is -0.553. The minimum absolute atomic E-state index is 0.192. The highest BCUT2D eigenvalue weighted by atomic mass is 16.1. The zero-order valence-corrected chi connectivity index (χ0v) is 8.44. The smallest absolute Gasteiger partial charge is 0.268 e. The zero-order valence-electron chi connectivity index (χ0n) is 8.44. The van der Waals surface area contributed by atoms with Crippen molar-refractivity contribution in [1.29, 1.82) is 0 Å². The second kappa shape index (κ2) is 6.86. The molecule has 0 aromatic carbocycles. The van der Waals surface area contributed by atoms with Crippen molar-refractivity contribution in [3.63, 3.8) is 0 Å². The van der Waals surface area contributed by atoms with E-state index in [4.69, 9.17) is 5.73 Å². The highest BCUT2D eigenvalue weighted by Gasteiger charge is 1.97. The van der Waals surface area contributed by atoms with Gasteiger partial charge in [0.05, 0.1) is 6.20 Å². The molecular formula is C9H15N5O. The summed E-state index contributed by atoms with van der Waals surface area (Å²) in [5.74, 6) is -0.553. The van der Waals surface area contributed by atoms with Crippen LogP contribution in [0.2, 0.25) is 0 Å². The van der Waals surface area contributed by atoms with Crippen molar-refractivity contribution in [3.8, 4) is 0 Å². The van der Waals surface area contributed by atoms with Crippen LogP contribution in [0.3, 0.4) is 0 Å². The van der Waals surface area contributed by atoms with Gasteiger partial charge in [0.25, 0.3) is 5.91 Å². The number of aromatic nitrogens is 2. The number of carbonyl (C=O) groups is 1. The summed E-state index contributed by atoms with van der Waals surface area (Å²) in [7, 11) is 0. The quantitative estimate of drug-likeness (QED) is 0.537. The molecule has 0 atom stereocenters. The largest absolute Gasteiger partial charge is 0.364 e. The van der Waals surface area contributed by atoms with Crippen LogP contribution in [0.25, 0.3) is 0 Å². The molecule has 0 unspecified atom stereocenters. The Hall–Kier alpha value is -1.53. The molecular weight excluding hydrogens is 194 g/mol. The van der Waals surface area contributed by atoms with E-state index in [-0.39, 0.29) is 5.69 Å². The molecule has 0 aliphatic carbocycles. The Labute approximate surface area is 88.3 Å². The number of rotatable bonds is 1. The van der Waals surface area contributed by atoms with Gasteiger partial charge in [-0.15, -0.1) is 0 Å². The van der Waals surface area contributed by atoms with Gasteiger partial charge in [-0.2, -0.15) is 0 Å². The summed E-state index contributed by atoms with van der Waals surface area (Å²) in [5, 5.41) is 6.44. The Balaban J connectivity index is 0.000000162. The third-order valence-corrected chi connectivity index (χ3v) is 1.77. The summed E-state index contributed by atoms with van der Waals surface area (Å²) in [6.07, 6.45) is 4.22. The fraction of sp³-hybridized carbons (Fsp3) is 0.444. The van der Waals surface area contributed by atoms with E-state index in [0.29, 0.717) is 0 Å². The first-order chi connectivity index (χ1) is 7.30. The first-order valence-electron chi connectivity index (χ1n) is 4.78. The molecule has 15 heavy (non-hydrogen) atoms. The topological polar surface area (TPSA) is 92.9 Å². The summed E-state index contributed by atoms with van der Waals surface area (Å²) in [4.78, 5) is 17.6. The summed E-state index contributed by atoms with van der Waals surface area (Å²) in [5.41, 5.74) is 5.06. The van der Waals surface area contributed by atoms with Crippen LogP contribution in [0, 0.1) is 0 Å². The molecule has 0 spiro atoms. The summed E-state index contributed by atoms with van der Waals surface area (Å²) in [6, 6.07) is 0. The monoisotopic (exact) mass is 209 g/mol. The van der Waals surface area contributed by atoms with Gasteiger partial charge < -0.3 is 16.4 Å². The molecule has 2 rings (SSSR count). The van der Waals surface area contributed by atoms with E-state index in [0.717, 1.165) is 26.2 Å². The minimum Gasteiger partial charge on any atom is -0.364 e. The van der Waals surface area contributed by atoms with E-state index >= 15 is 0 Å². The van der Waals surface area contributed by atoms with Crippen LogP contribution in [-0.2, 0) is 0 Å². The number of nitrogens with zero attached hydrogens (tertiary/aromatic N) is 2. The Morgan fingerprint density at radius 2 is 1.80 bits per heavy atom. The molecule has 1 aliphatic rings. The van der Waals surface area contributed by atoms with Crippen molar-refractivity contribution < 1.29 is 4.79 Å². The molecule has 1 aliphatic heterocycles. The molecule has 82 valence electrons. The lowest BCUT2D eigenvalue weighted by Crippen LogP contribution is -2.39. The fourth-order valence-corrected chi connectivity index (χ4v) is 1.03. The molecule has 6 nitrogen and oxygen atoms in total. The first-order valence-corrected chi connectivity index (χ1v) is 4.78. The van der Waals surface area contributed by atoms with Crippen molar-refractivity contribution >= 4 is 5.91 Å². The van der Waals surface area contributed by atoms with Crippen molar-refractivity contribution in [3.05, 3.63) is 24.3 Å². The van der Waals surface area contributed by atoms with E-state index in [2.05, 4.69) is 20.6 Å². The van der Waals surface area contributed by atoms with Gasteiger partial charge in [0, 0.05) is 38.6 Å². The van der Waals surface area contributed by atoms with Gasteiger partial charge >= 0.3 is 0 Å². The van der Waals surface area contributed by atoms with E-state index in [1.165, 1.54) is 18.6 Å². The lowest BCUT2D eigenvalue weighted by Gasteiger charge is -2.11. The maximum absolute atomic E-state index is 10.3. The van der Waals surface area contributed by atoms with Gasteiger partial charge in [0.1, 0.15) is 5.69 Å². The van der Waals surface area contributed by atoms with Crippen LogP contribution in [-0.4, -0.2) is 42.1 Å². The third kappa shape index (κ3) is 5.04. The molecule has 1 saturated heterocycles. The molecule has 4 N–H and O–H groups in total. The standard InChI is InChI=1S/C5H5N3O.C4H10N2/c6-5(9)4-3-7-1-2-8-4;1-2-6-4-3-5-1/h1-3H,(H2,6,9);5-6H,1-4H2. The highest BCUT2D eigenvalue weighted by Crippen LogP contribution is 1.84. The Kier molecular flexibility index (Phi) is 5.28.